The van der Waals surface area contributed by atoms with Crippen molar-refractivity contribution in [1.82, 2.24) is 9.15 Å². The Bertz CT molecular complexity index is 4430. The number of nitrogens with one attached hydrogen (secondary N) is 1. The molecular weight excluding hydrogens is 1450 g/mol. The maximum absolute atomic E-state index is 11.7. The Kier molecular flexibility index (Phi) is 39.5. The monoisotopic (exact) mass is 1550 g/mol. The van der Waals surface area contributed by atoms with Crippen LogP contribution in [0.3, 0.4) is 0 Å². The number of aryl methyl sites for hydroxylation is 1. The van der Waals surface area contributed by atoms with Gasteiger partial charge in [-0.25, -0.2) is 34.4 Å². The van der Waals surface area contributed by atoms with E-state index < -0.39 is 66.9 Å². The minimum absolute atomic E-state index is 0. The van der Waals surface area contributed by atoms with Crippen LogP contribution in [-0.2, 0) is 80.6 Å². The van der Waals surface area contributed by atoms with Crippen LogP contribution in [0.25, 0.3) is 28.7 Å². The van der Waals surface area contributed by atoms with Gasteiger partial charge >= 0.3 is 78.6 Å². The van der Waals surface area contributed by atoms with E-state index in [1.165, 1.54) is 68.1 Å². The van der Waals surface area contributed by atoms with Crippen molar-refractivity contribution in [3.8, 4) is 22.6 Å². The number of carbonyl (C=O) groups is 2. The molecule has 2 aromatic rings. The van der Waals surface area contributed by atoms with E-state index in [0.717, 1.165) is 70.6 Å². The number of halogens is 4. The molecule has 2 N–H and O–H groups in total. The summed E-state index contributed by atoms with van der Waals surface area (Å²) < 4.78 is 169. The van der Waals surface area contributed by atoms with E-state index in [0.29, 0.717) is 48.2 Å². The number of fused-ring (bicyclic) bond motifs is 4. The van der Waals surface area contributed by atoms with Gasteiger partial charge in [0.2, 0.25) is 16.4 Å². The molecule has 2 unspecified atom stereocenters. The van der Waals surface area contributed by atoms with Crippen molar-refractivity contribution in [3.05, 3.63) is 147 Å². The van der Waals surface area contributed by atoms with Gasteiger partial charge in [-0.15, -0.1) is 0 Å². The third kappa shape index (κ3) is 28.2. The molecule has 0 amide bonds. The fourth-order valence-electron chi connectivity index (χ4n) is 11.8. The Morgan fingerprint density at radius 3 is 1.68 bits per heavy atom. The summed E-state index contributed by atoms with van der Waals surface area (Å²) in [5, 5.41) is 14.9. The number of benzene rings is 4. The van der Waals surface area contributed by atoms with E-state index in [1.54, 1.807) is 13.0 Å². The number of aliphatic carboxylic acids is 1. The van der Waals surface area contributed by atoms with Gasteiger partial charge in [0.05, 0.1) is 44.1 Å². The van der Waals surface area contributed by atoms with E-state index in [2.05, 4.69) is 146 Å². The van der Waals surface area contributed by atoms with Gasteiger partial charge in [-0.3, -0.25) is 22.5 Å². The quantitative estimate of drug-likeness (QED) is 0.0232. The maximum Gasteiger partial charge on any atom is 1.00 e. The Hall–Kier alpha value is -5.42. The summed E-state index contributed by atoms with van der Waals surface area (Å²) in [7, 11) is -10.7. The molecule has 570 valence electrons. The Balaban J connectivity index is 0.000000755. The number of nitrogens with zero attached hydrogens (tertiary/aromatic N) is 3. The molecule has 22 nitrogen and oxygen atoms in total. The predicted octanol–water partition coefficient (Wildman–Crippen LogP) is 3.08. The topological polar surface area (TPSA) is 310 Å². The maximum atomic E-state index is 11.7. The summed E-state index contributed by atoms with van der Waals surface area (Å²) in [5.41, 5.74) is 7.13. The number of carboxylic acid groups (broad SMARTS) is 1. The first-order valence-corrected chi connectivity index (χ1v) is 37.8. The first kappa shape index (κ1) is 97.6. The first-order chi connectivity index (χ1) is 47.4. The summed E-state index contributed by atoms with van der Waals surface area (Å²) >= 11 is 0. The van der Waals surface area contributed by atoms with E-state index in [1.807, 2.05) is 50.6 Å². The number of methoxy groups -OCH3 is 3. The van der Waals surface area contributed by atoms with Crippen molar-refractivity contribution in [1.29, 1.82) is 0 Å². The van der Waals surface area contributed by atoms with Crippen LogP contribution in [0.4, 0.5) is 24.3 Å². The average Bonchev–Trinajstić information content (AvgIpc) is 1.60. The molecule has 4 heterocycles. The fraction of sp³-hybridized carbons (Fsp3) is 0.493. The van der Waals surface area contributed by atoms with Gasteiger partial charge in [-0.05, 0) is 152 Å². The Morgan fingerprint density at radius 2 is 1.18 bits per heavy atom. The number of carboxylic acids is 1. The molecule has 0 aromatic heterocycles. The van der Waals surface area contributed by atoms with E-state index >= 15 is 0 Å². The first-order valence-electron chi connectivity index (χ1n) is 33.4. The molecule has 105 heavy (non-hydrogen) atoms. The molecule has 8 rings (SSSR count). The SMILES string of the molecule is CCOC(=O)CCCC1(C)C(C)=[N+](CCCS(=O)(=O)[O-])c2ccc(S(=O)(=O)[O-])cc21.CC[N+](C)=c1ccc2c(C=CC=C3Nc4ccc(S(=O)(=O)[O-])cc4C3(C)CCCC(=O)O)cc(C(C)(C)C)oc-2c1.CC[N+](CC)=c1ccc2c(C)cc(C(C)(C)C)oc-2c1.COC(OC)OC.FB(F)F.[F-].[Na+].[Na+]. The zero-order chi connectivity index (χ0) is 77.1. The van der Waals surface area contributed by atoms with Gasteiger partial charge in [-0.1, -0.05) is 53.7 Å². The molecule has 32 heteroatoms. The van der Waals surface area contributed by atoms with Gasteiger partial charge in [0, 0.05) is 116 Å². The molecule has 0 fully saturated rings. The number of hydrogen-bond acceptors (Lipinski definition) is 18. The number of rotatable bonds is 23. The third-order valence-electron chi connectivity index (χ3n) is 17.7. The van der Waals surface area contributed by atoms with Crippen molar-refractivity contribution >= 4 is 73.0 Å². The van der Waals surface area contributed by atoms with Gasteiger partial charge in [-0.2, -0.15) is 4.58 Å². The number of carbonyl (C=O) groups excluding carboxylic acids is 1. The van der Waals surface area contributed by atoms with Gasteiger partial charge in [0.15, 0.2) is 5.71 Å². The van der Waals surface area contributed by atoms with Crippen LogP contribution in [0.5, 0.6) is 0 Å². The number of esters is 1. The fourth-order valence-corrected chi connectivity index (χ4v) is 13.2. The normalized spacial score (nSPS) is 16.1. The second kappa shape index (κ2) is 42.5. The van der Waals surface area contributed by atoms with Gasteiger partial charge < -0.3 is 56.6 Å². The number of allylic oxidation sites excluding steroid dienone is 3. The van der Waals surface area contributed by atoms with Crippen molar-refractivity contribution in [2.24, 2.45) is 0 Å². The standard InChI is InChI=1S/C32H38N2O6S.C19H27NO8S2.C18H26NO.C4H10O3.BF3.FH.2Na/c1-7-34(6)22-13-15-24-21(18-29(31(2,3)4)40-27(24)19-22)10-8-11-28-32(5,17-9-12-30(35)36)25-20-23(41(37,38)39)14-16-26(25)33-28;1-4-28-18(21)7-5-10-19(3)14(2)20(11-6-12-29(22,23)24)17-9-8-15(13-16(17)19)30(25,26)27;1-7-19(8-2)14-9-10-15-13(3)11-17(18(4,5)6)20-16(15)12-14;1-5-4(6-2)7-3;2-1(3)4;;;/h8,10-11,13-16,18-20H,7,9,12,17H2,1-6H3,(H2,35,36,37,38,39);8-9,13H,4-7,10-12H2,1-3H3,(H-,22,23,24,25,26,27);9-12H,7-8H2,1-6H3;4H,1-3H3;;1H;;/q;;+1;;;;2*+1/p-2. The Morgan fingerprint density at radius 1 is 0.686 bits per heavy atom. The number of anilines is 1. The van der Waals surface area contributed by atoms with Crippen molar-refractivity contribution in [2.45, 2.75) is 180 Å². The van der Waals surface area contributed by atoms with Crippen molar-refractivity contribution in [2.75, 3.05) is 72.2 Å². The smallest absolute Gasteiger partial charge is 1.00 e. The van der Waals surface area contributed by atoms with Crippen LogP contribution < -0.4 is 89.0 Å². The minimum Gasteiger partial charge on any atom is -1.00 e. The van der Waals surface area contributed by atoms with Crippen LogP contribution in [0, 0.1) is 6.92 Å². The zero-order valence-electron chi connectivity index (χ0n) is 64.1. The molecule has 2 atom stereocenters. The predicted molar refractivity (Wildman–Crippen MR) is 386 cm³/mol. The van der Waals surface area contributed by atoms with Crippen LogP contribution in [0.2, 0.25) is 0 Å². The molecule has 2 aliphatic carbocycles. The molecule has 0 bridgehead atoms. The zero-order valence-corrected chi connectivity index (χ0v) is 70.6. The molecule has 6 aliphatic rings. The third-order valence-corrected chi connectivity index (χ3v) is 20.1. The molecule has 0 saturated heterocycles. The number of ether oxygens (including phenoxy) is 4. The molecule has 0 radical (unpaired) electrons. The molecule has 0 spiro atoms. The van der Waals surface area contributed by atoms with E-state index in [9.17, 15) is 66.6 Å². The minimum atomic E-state index is -4.66. The largest absolute Gasteiger partial charge is 1.00 e. The molecular formula is C73H100BF4N4Na2O18S3+. The van der Waals surface area contributed by atoms with Gasteiger partial charge in [0.25, 0.3) is 6.48 Å². The van der Waals surface area contributed by atoms with E-state index in [-0.39, 0.29) is 123 Å². The molecule has 4 aliphatic heterocycles. The molecule has 2 aromatic carbocycles. The summed E-state index contributed by atoms with van der Waals surface area (Å²) in [6.07, 6.45) is 7.96. The van der Waals surface area contributed by atoms with Crippen molar-refractivity contribution < 1.29 is 163 Å². The summed E-state index contributed by atoms with van der Waals surface area (Å²) in [5.74, 6) is 1.93. The summed E-state index contributed by atoms with van der Waals surface area (Å²) in [4.78, 5) is 22.3. The second-order valence-electron chi connectivity index (χ2n) is 26.9. The Labute approximate surface area is 661 Å². The summed E-state index contributed by atoms with van der Waals surface area (Å²) in [6.45, 7) is 31.8. The van der Waals surface area contributed by atoms with E-state index in [4.69, 9.17) is 13.6 Å². The van der Waals surface area contributed by atoms with Crippen LogP contribution in [-0.4, -0.2) is 147 Å². The van der Waals surface area contributed by atoms with Crippen LogP contribution in [0.1, 0.15) is 169 Å². The summed E-state index contributed by atoms with van der Waals surface area (Å²) in [6, 6.07) is 25.3. The number of hydrogen-bond donors (Lipinski definition) is 2. The second-order valence-corrected chi connectivity index (χ2v) is 31.2. The van der Waals surface area contributed by atoms with Gasteiger partial charge in [0.1, 0.15) is 76.5 Å². The van der Waals surface area contributed by atoms with Crippen LogP contribution >= 0.6 is 0 Å². The molecule has 0 saturated carbocycles. The average molecular weight is 1550 g/mol. The van der Waals surface area contributed by atoms with Crippen molar-refractivity contribution in [3.63, 3.8) is 0 Å². The van der Waals surface area contributed by atoms with Crippen LogP contribution in [0.15, 0.2) is 121 Å².